The highest BCUT2D eigenvalue weighted by Crippen LogP contribution is 2.40. The summed E-state index contributed by atoms with van der Waals surface area (Å²) >= 11 is 0. The van der Waals surface area contributed by atoms with Gasteiger partial charge in [0.2, 0.25) is 0 Å². The van der Waals surface area contributed by atoms with E-state index in [1.165, 1.54) is 31.4 Å². The lowest BCUT2D eigenvalue weighted by atomic mass is 9.95. The third-order valence-corrected chi connectivity index (χ3v) is 3.79. The fourth-order valence-electron chi connectivity index (χ4n) is 2.67. The van der Waals surface area contributed by atoms with Gasteiger partial charge in [0.1, 0.15) is 5.69 Å². The molecule has 4 nitrogen and oxygen atoms in total. The number of nitrogens with two attached hydrogens (primary N) is 1. The molecule has 2 aromatic carbocycles. The maximum absolute atomic E-state index is 13.4. The van der Waals surface area contributed by atoms with E-state index in [0.29, 0.717) is 5.39 Å². The number of fused-ring (bicyclic) bond motifs is 1. The third-order valence-electron chi connectivity index (χ3n) is 3.79. The van der Waals surface area contributed by atoms with Gasteiger partial charge in [-0.3, -0.25) is 0 Å². The van der Waals surface area contributed by atoms with Crippen LogP contribution in [0.4, 0.5) is 18.9 Å². The first kappa shape index (κ1) is 16.8. The first-order valence-electron chi connectivity index (χ1n) is 7.27. The molecule has 0 spiro atoms. The number of nitrogens with zero attached hydrogens (tertiary/aromatic N) is 1. The van der Waals surface area contributed by atoms with Crippen LogP contribution in [-0.2, 0) is 10.9 Å². The molecule has 0 radical (unpaired) electrons. The number of anilines is 1. The summed E-state index contributed by atoms with van der Waals surface area (Å²) in [5.41, 5.74) is 5.65. The van der Waals surface area contributed by atoms with E-state index in [1.54, 1.807) is 18.2 Å². The van der Waals surface area contributed by atoms with Crippen molar-refractivity contribution in [3.05, 3.63) is 59.8 Å². The quantitative estimate of drug-likeness (QED) is 0.555. The highest BCUT2D eigenvalue weighted by molar-refractivity contribution is 6.03. The normalized spacial score (nSPS) is 11.5. The molecule has 0 fully saturated rings. The van der Waals surface area contributed by atoms with Gasteiger partial charge in [0.25, 0.3) is 0 Å². The molecule has 0 amide bonds. The lowest BCUT2D eigenvalue weighted by Gasteiger charge is -2.15. The molecule has 0 aliphatic carbocycles. The number of halogens is 3. The Morgan fingerprint density at radius 2 is 1.80 bits per heavy atom. The van der Waals surface area contributed by atoms with Crippen molar-refractivity contribution >= 4 is 22.6 Å². The summed E-state index contributed by atoms with van der Waals surface area (Å²) in [6.45, 7) is 0. The summed E-state index contributed by atoms with van der Waals surface area (Å²) in [6, 6.07) is 11.2. The van der Waals surface area contributed by atoms with Crippen LogP contribution in [0.3, 0.4) is 0 Å². The zero-order chi connectivity index (χ0) is 18.2. The van der Waals surface area contributed by atoms with Crippen LogP contribution < -0.4 is 5.73 Å². The van der Waals surface area contributed by atoms with Gasteiger partial charge in [0.15, 0.2) is 0 Å². The van der Waals surface area contributed by atoms with Crippen LogP contribution in [0.25, 0.3) is 22.0 Å². The molecule has 2 N–H and O–H groups in total. The largest absolute Gasteiger partial charge is 0.464 e. The van der Waals surface area contributed by atoms with Crippen LogP contribution in [0.5, 0.6) is 0 Å². The van der Waals surface area contributed by atoms with Crippen LogP contribution in [0.1, 0.15) is 16.1 Å². The van der Waals surface area contributed by atoms with Crippen molar-refractivity contribution in [3.63, 3.8) is 0 Å². The minimum absolute atomic E-state index is 0.0573. The molecule has 0 aliphatic rings. The standard InChI is InChI=1S/C18H13F3N2O2/c1-25-17(24)15-9-12(11-6-4-8-14(22)16(11)23-15)10-5-2-3-7-13(10)18(19,20)21/h2-9H,22H2,1H3. The molecular weight excluding hydrogens is 333 g/mol. The van der Waals surface area contributed by atoms with Gasteiger partial charge < -0.3 is 10.5 Å². The maximum atomic E-state index is 13.4. The third kappa shape index (κ3) is 3.00. The van der Waals surface area contributed by atoms with Crippen LogP contribution in [0.2, 0.25) is 0 Å². The lowest BCUT2D eigenvalue weighted by molar-refractivity contribution is -0.137. The molecule has 0 unspecified atom stereocenters. The van der Waals surface area contributed by atoms with Crippen molar-refractivity contribution in [1.82, 2.24) is 4.98 Å². The Bertz CT molecular complexity index is 968. The van der Waals surface area contributed by atoms with Gasteiger partial charge in [-0.15, -0.1) is 0 Å². The average molecular weight is 346 g/mol. The Morgan fingerprint density at radius 1 is 1.08 bits per heavy atom. The van der Waals surface area contributed by atoms with E-state index in [0.717, 1.165) is 6.07 Å². The molecule has 1 aromatic heterocycles. The number of ether oxygens (including phenoxy) is 1. The summed E-state index contributed by atoms with van der Waals surface area (Å²) in [6.07, 6.45) is -4.54. The SMILES string of the molecule is COC(=O)c1cc(-c2ccccc2C(F)(F)F)c2cccc(N)c2n1. The zero-order valence-corrected chi connectivity index (χ0v) is 13.1. The van der Waals surface area contributed by atoms with Gasteiger partial charge in [-0.2, -0.15) is 13.2 Å². The summed E-state index contributed by atoms with van der Waals surface area (Å²) in [5, 5.41) is 0.421. The van der Waals surface area contributed by atoms with Gasteiger partial charge in [0, 0.05) is 5.39 Å². The van der Waals surface area contributed by atoms with Gasteiger partial charge in [-0.1, -0.05) is 30.3 Å². The summed E-state index contributed by atoms with van der Waals surface area (Å²) < 4.78 is 44.9. The second-order valence-corrected chi connectivity index (χ2v) is 5.33. The molecule has 0 atom stereocenters. The number of carbonyl (C=O) groups is 1. The number of rotatable bonds is 2. The smallest absolute Gasteiger partial charge is 0.417 e. The van der Waals surface area contributed by atoms with Crippen molar-refractivity contribution < 1.29 is 22.7 Å². The van der Waals surface area contributed by atoms with E-state index < -0.39 is 17.7 Å². The van der Waals surface area contributed by atoms with Crippen molar-refractivity contribution in [2.75, 3.05) is 12.8 Å². The fourth-order valence-corrected chi connectivity index (χ4v) is 2.67. The molecule has 128 valence electrons. The van der Waals surface area contributed by atoms with Crippen LogP contribution in [-0.4, -0.2) is 18.1 Å². The predicted octanol–water partition coefficient (Wildman–Crippen LogP) is 4.29. The van der Waals surface area contributed by atoms with E-state index in [1.807, 2.05) is 0 Å². The van der Waals surface area contributed by atoms with Crippen molar-refractivity contribution in [2.24, 2.45) is 0 Å². The maximum Gasteiger partial charge on any atom is 0.417 e. The summed E-state index contributed by atoms with van der Waals surface area (Å²) in [5.74, 6) is -0.754. The fraction of sp³-hybridized carbons (Fsp3) is 0.111. The first-order valence-corrected chi connectivity index (χ1v) is 7.27. The minimum Gasteiger partial charge on any atom is -0.464 e. The zero-order valence-electron chi connectivity index (χ0n) is 13.1. The molecule has 3 rings (SSSR count). The van der Waals surface area contributed by atoms with Crippen LogP contribution >= 0.6 is 0 Å². The number of para-hydroxylation sites is 1. The molecule has 0 saturated carbocycles. The highest BCUT2D eigenvalue weighted by Gasteiger charge is 2.34. The van der Waals surface area contributed by atoms with Gasteiger partial charge in [-0.25, -0.2) is 9.78 Å². The predicted molar refractivity (Wildman–Crippen MR) is 87.9 cm³/mol. The molecule has 25 heavy (non-hydrogen) atoms. The summed E-state index contributed by atoms with van der Waals surface area (Å²) in [7, 11) is 1.17. The number of hydrogen-bond donors (Lipinski definition) is 1. The summed E-state index contributed by atoms with van der Waals surface area (Å²) in [4.78, 5) is 16.0. The Hall–Kier alpha value is -3.09. The molecule has 0 bridgehead atoms. The first-order chi connectivity index (χ1) is 11.8. The second kappa shape index (κ2) is 6.08. The van der Waals surface area contributed by atoms with E-state index in [2.05, 4.69) is 9.72 Å². The van der Waals surface area contributed by atoms with Crippen molar-refractivity contribution in [3.8, 4) is 11.1 Å². The Balaban J connectivity index is 2.41. The Kier molecular flexibility index (Phi) is 4.08. The molecule has 7 heteroatoms. The number of alkyl halides is 3. The number of esters is 1. The minimum atomic E-state index is -4.54. The number of methoxy groups -OCH3 is 1. The molecule has 0 saturated heterocycles. The number of benzene rings is 2. The lowest BCUT2D eigenvalue weighted by Crippen LogP contribution is -2.09. The number of aromatic nitrogens is 1. The second-order valence-electron chi connectivity index (χ2n) is 5.33. The highest BCUT2D eigenvalue weighted by atomic mass is 19.4. The van der Waals surface area contributed by atoms with E-state index >= 15 is 0 Å². The van der Waals surface area contributed by atoms with Crippen LogP contribution in [0.15, 0.2) is 48.5 Å². The monoisotopic (exact) mass is 346 g/mol. The van der Waals surface area contributed by atoms with Gasteiger partial charge in [-0.05, 0) is 29.3 Å². The molecule has 1 heterocycles. The number of carbonyl (C=O) groups excluding carboxylic acids is 1. The van der Waals surface area contributed by atoms with E-state index in [4.69, 9.17) is 5.73 Å². The number of hydrogen-bond acceptors (Lipinski definition) is 4. The van der Waals surface area contributed by atoms with Crippen molar-refractivity contribution in [1.29, 1.82) is 0 Å². The Labute approximate surface area is 141 Å². The molecule has 0 aliphatic heterocycles. The van der Waals surface area contributed by atoms with Gasteiger partial charge in [0.05, 0.1) is 23.9 Å². The van der Waals surface area contributed by atoms with Crippen LogP contribution in [0, 0.1) is 0 Å². The number of nitrogen functional groups attached to an aromatic ring is 1. The van der Waals surface area contributed by atoms with E-state index in [9.17, 15) is 18.0 Å². The average Bonchev–Trinajstić information content (AvgIpc) is 2.60. The topological polar surface area (TPSA) is 65.2 Å². The molecule has 3 aromatic rings. The van der Waals surface area contributed by atoms with Crippen molar-refractivity contribution in [2.45, 2.75) is 6.18 Å². The molecular formula is C18H13F3N2O2. The van der Waals surface area contributed by atoms with Gasteiger partial charge >= 0.3 is 12.1 Å². The van der Waals surface area contributed by atoms with E-state index in [-0.39, 0.29) is 28.0 Å². The number of pyridine rings is 1. The Morgan fingerprint density at radius 3 is 2.48 bits per heavy atom.